The van der Waals surface area contributed by atoms with Gasteiger partial charge in [-0.15, -0.1) is 0 Å². The topological polar surface area (TPSA) is 95.9 Å². The van der Waals surface area contributed by atoms with E-state index >= 15 is 0 Å². The highest BCUT2D eigenvalue weighted by molar-refractivity contribution is 5.76. The van der Waals surface area contributed by atoms with E-state index in [0.717, 1.165) is 83.5 Å². The molecule has 0 heterocycles. The molecule has 0 bridgehead atoms. The summed E-state index contributed by atoms with van der Waals surface area (Å²) in [4.78, 5) is 24.4. The Kier molecular flexibility index (Phi) is 48.7. The van der Waals surface area contributed by atoms with Crippen molar-refractivity contribution in [2.75, 3.05) is 13.2 Å². The van der Waals surface area contributed by atoms with Gasteiger partial charge in [0.2, 0.25) is 5.91 Å². The van der Waals surface area contributed by atoms with Gasteiger partial charge in [0.05, 0.1) is 25.4 Å². The molecular weight excluding hydrogens is 755 g/mol. The predicted molar refractivity (Wildman–Crippen MR) is 264 cm³/mol. The summed E-state index contributed by atoms with van der Waals surface area (Å²) >= 11 is 0. The number of allylic oxidation sites excluding steroid dienone is 7. The van der Waals surface area contributed by atoms with Crippen LogP contribution in [0, 0.1) is 0 Å². The monoisotopic (exact) mass is 856 g/mol. The molecule has 0 aliphatic carbocycles. The molecule has 0 spiro atoms. The molecule has 6 nitrogen and oxygen atoms in total. The Bertz CT molecular complexity index is 1040. The molecule has 0 saturated carbocycles. The van der Waals surface area contributed by atoms with Gasteiger partial charge in [-0.1, -0.05) is 204 Å². The third-order valence-electron chi connectivity index (χ3n) is 11.8. The summed E-state index contributed by atoms with van der Waals surface area (Å²) in [6.45, 7) is 4.83. The number of amides is 1. The fourth-order valence-corrected chi connectivity index (χ4v) is 7.71. The fraction of sp³-hybridized carbons (Fsp3) is 0.818. The zero-order valence-electron chi connectivity index (χ0n) is 40.4. The van der Waals surface area contributed by atoms with E-state index in [1.807, 2.05) is 6.08 Å². The molecule has 0 aromatic rings. The highest BCUT2D eigenvalue weighted by atomic mass is 16.5. The Morgan fingerprint density at radius 2 is 0.820 bits per heavy atom. The van der Waals surface area contributed by atoms with Crippen LogP contribution in [-0.2, 0) is 14.3 Å². The largest absolute Gasteiger partial charge is 0.466 e. The van der Waals surface area contributed by atoms with Crippen LogP contribution in [-0.4, -0.2) is 47.4 Å². The number of esters is 1. The van der Waals surface area contributed by atoms with Gasteiger partial charge in [-0.05, 0) is 96.3 Å². The lowest BCUT2D eigenvalue weighted by atomic mass is 10.1. The van der Waals surface area contributed by atoms with Gasteiger partial charge in [0.15, 0.2) is 0 Å². The van der Waals surface area contributed by atoms with Crippen molar-refractivity contribution < 1.29 is 24.5 Å². The maximum absolute atomic E-state index is 12.4. The molecule has 0 aromatic carbocycles. The summed E-state index contributed by atoms with van der Waals surface area (Å²) < 4.78 is 5.44. The van der Waals surface area contributed by atoms with E-state index in [1.165, 1.54) is 154 Å². The Balaban J connectivity index is 3.53. The molecule has 0 aromatic heterocycles. The number of nitrogens with one attached hydrogen (secondary N) is 1. The van der Waals surface area contributed by atoms with Crippen LogP contribution in [0.4, 0.5) is 0 Å². The Hall–Kier alpha value is -2.18. The molecule has 0 fully saturated rings. The van der Waals surface area contributed by atoms with E-state index in [1.54, 1.807) is 6.08 Å². The van der Waals surface area contributed by atoms with E-state index in [-0.39, 0.29) is 18.5 Å². The van der Waals surface area contributed by atoms with Gasteiger partial charge in [0.25, 0.3) is 0 Å². The van der Waals surface area contributed by atoms with Gasteiger partial charge in [0.1, 0.15) is 0 Å². The van der Waals surface area contributed by atoms with Gasteiger partial charge < -0.3 is 20.3 Å². The van der Waals surface area contributed by atoms with Crippen LogP contribution in [0.3, 0.4) is 0 Å². The quantitative estimate of drug-likeness (QED) is 0.0322. The van der Waals surface area contributed by atoms with Crippen molar-refractivity contribution in [1.82, 2.24) is 5.32 Å². The minimum absolute atomic E-state index is 0.0253. The normalized spacial score (nSPS) is 13.0. The van der Waals surface area contributed by atoms with Crippen LogP contribution in [0.1, 0.15) is 264 Å². The summed E-state index contributed by atoms with van der Waals surface area (Å²) in [5.74, 6) is -0.112. The number of aliphatic hydroxyl groups excluding tert-OH is 2. The number of carbonyl (C=O) groups is 2. The number of hydrogen-bond donors (Lipinski definition) is 3. The molecule has 0 radical (unpaired) electrons. The number of aliphatic hydroxyl groups is 2. The Morgan fingerprint density at radius 3 is 1.26 bits per heavy atom. The zero-order chi connectivity index (χ0) is 44.4. The number of carbonyl (C=O) groups excluding carboxylic acids is 2. The molecule has 6 heteroatoms. The molecule has 0 rings (SSSR count). The van der Waals surface area contributed by atoms with Gasteiger partial charge in [-0.2, -0.15) is 0 Å². The van der Waals surface area contributed by atoms with E-state index in [4.69, 9.17) is 4.74 Å². The van der Waals surface area contributed by atoms with Crippen molar-refractivity contribution in [3.05, 3.63) is 48.6 Å². The van der Waals surface area contributed by atoms with Crippen molar-refractivity contribution >= 4 is 11.9 Å². The van der Waals surface area contributed by atoms with Gasteiger partial charge in [-0.25, -0.2) is 0 Å². The molecule has 2 unspecified atom stereocenters. The molecule has 61 heavy (non-hydrogen) atoms. The van der Waals surface area contributed by atoms with Crippen molar-refractivity contribution in [1.29, 1.82) is 0 Å². The van der Waals surface area contributed by atoms with Crippen molar-refractivity contribution in [2.45, 2.75) is 276 Å². The minimum atomic E-state index is -0.854. The van der Waals surface area contributed by atoms with Crippen molar-refractivity contribution in [3.8, 4) is 0 Å². The second kappa shape index (κ2) is 50.5. The second-order valence-corrected chi connectivity index (χ2v) is 17.8. The van der Waals surface area contributed by atoms with Crippen LogP contribution in [0.5, 0.6) is 0 Å². The number of hydrogen-bond acceptors (Lipinski definition) is 5. The van der Waals surface area contributed by atoms with E-state index in [9.17, 15) is 19.8 Å². The van der Waals surface area contributed by atoms with Crippen LogP contribution in [0.25, 0.3) is 0 Å². The fourth-order valence-electron chi connectivity index (χ4n) is 7.71. The summed E-state index contributed by atoms with van der Waals surface area (Å²) in [5.41, 5.74) is 0. The van der Waals surface area contributed by atoms with Crippen LogP contribution in [0.15, 0.2) is 48.6 Å². The third-order valence-corrected chi connectivity index (χ3v) is 11.8. The maximum atomic E-state index is 12.4. The van der Waals surface area contributed by atoms with Gasteiger partial charge in [-0.3, -0.25) is 9.59 Å². The number of unbranched alkanes of at least 4 members (excludes halogenated alkanes) is 31. The first-order valence-corrected chi connectivity index (χ1v) is 26.4. The van der Waals surface area contributed by atoms with Crippen molar-refractivity contribution in [2.24, 2.45) is 0 Å². The molecule has 356 valence electrons. The van der Waals surface area contributed by atoms with E-state index in [2.05, 4.69) is 55.6 Å². The Morgan fingerprint density at radius 1 is 0.459 bits per heavy atom. The summed E-state index contributed by atoms with van der Waals surface area (Å²) in [6.07, 6.45) is 62.6. The first-order chi connectivity index (χ1) is 30.0. The first-order valence-electron chi connectivity index (χ1n) is 26.4. The average molecular weight is 856 g/mol. The molecular formula is C55H101NO5. The number of ether oxygens (including phenoxy) is 1. The smallest absolute Gasteiger partial charge is 0.305 e. The molecule has 0 aliphatic heterocycles. The van der Waals surface area contributed by atoms with E-state index in [0.29, 0.717) is 19.4 Å². The summed E-state index contributed by atoms with van der Waals surface area (Å²) in [6, 6.07) is -0.640. The standard InChI is InChI=1S/C55H101NO5/c1-3-5-7-9-11-13-15-17-21-25-29-33-37-41-45-49-55(60)61-50-46-42-38-34-30-26-23-20-18-19-22-24-28-32-36-40-44-48-54(59)56-52(51-57)53(58)47-43-39-35-31-27-16-14-12-10-8-6-4-2/h17-18,20-21,26,30,43,47,52-53,57-58H,3-16,19,22-25,27-29,31-42,44-46,48-51H2,1-2H3,(H,56,59)/b20-18-,21-17-,30-26-,47-43+. The van der Waals surface area contributed by atoms with Crippen LogP contribution in [0.2, 0.25) is 0 Å². The molecule has 1 amide bonds. The summed E-state index contributed by atoms with van der Waals surface area (Å²) in [5, 5.41) is 23.0. The predicted octanol–water partition coefficient (Wildman–Crippen LogP) is 15.8. The third kappa shape index (κ3) is 47.1. The van der Waals surface area contributed by atoms with Crippen molar-refractivity contribution in [3.63, 3.8) is 0 Å². The summed E-state index contributed by atoms with van der Waals surface area (Å²) in [7, 11) is 0. The average Bonchev–Trinajstić information content (AvgIpc) is 3.26. The lowest BCUT2D eigenvalue weighted by Crippen LogP contribution is -2.45. The highest BCUT2D eigenvalue weighted by Crippen LogP contribution is 2.14. The van der Waals surface area contributed by atoms with E-state index < -0.39 is 12.1 Å². The van der Waals surface area contributed by atoms with Crippen LogP contribution >= 0.6 is 0 Å². The lowest BCUT2D eigenvalue weighted by molar-refractivity contribution is -0.143. The highest BCUT2D eigenvalue weighted by Gasteiger charge is 2.18. The minimum Gasteiger partial charge on any atom is -0.466 e. The zero-order valence-corrected chi connectivity index (χ0v) is 40.4. The second-order valence-electron chi connectivity index (χ2n) is 17.8. The van der Waals surface area contributed by atoms with Gasteiger partial charge >= 0.3 is 5.97 Å². The maximum Gasteiger partial charge on any atom is 0.305 e. The molecule has 0 saturated heterocycles. The van der Waals surface area contributed by atoms with Crippen LogP contribution < -0.4 is 5.32 Å². The first kappa shape index (κ1) is 58.8. The molecule has 3 N–H and O–H groups in total. The number of rotatable bonds is 48. The molecule has 0 aliphatic rings. The van der Waals surface area contributed by atoms with Gasteiger partial charge in [0, 0.05) is 12.8 Å². The molecule has 2 atom stereocenters. The lowest BCUT2D eigenvalue weighted by Gasteiger charge is -2.20. The SMILES string of the molecule is CCCCCCCC/C=C\CCCCCCCC(=O)OCCCCC/C=C\C/C=C\CCCCCCCCCC(=O)NC(CO)C(O)/C=C/CCCCCCCCCCCC. The Labute approximate surface area is 378 Å².